The lowest BCUT2D eigenvalue weighted by molar-refractivity contribution is 0.617. The van der Waals surface area contributed by atoms with Crippen LogP contribution in [0, 0.1) is 12.7 Å². The monoisotopic (exact) mass is 274 g/mol. The highest BCUT2D eigenvalue weighted by atomic mass is 35.5. The molecular formula is C10H8ClFN2S2. The van der Waals surface area contributed by atoms with Crippen molar-refractivity contribution in [3.8, 4) is 0 Å². The van der Waals surface area contributed by atoms with Crippen molar-refractivity contribution in [1.82, 2.24) is 10.2 Å². The lowest BCUT2D eigenvalue weighted by Crippen LogP contribution is -1.87. The normalized spacial score (nSPS) is 10.7. The van der Waals surface area contributed by atoms with Crippen LogP contribution in [0.25, 0.3) is 0 Å². The predicted molar refractivity (Wildman–Crippen MR) is 65.6 cm³/mol. The molecule has 1 aromatic carbocycles. The van der Waals surface area contributed by atoms with E-state index in [0.29, 0.717) is 16.3 Å². The molecule has 1 aromatic heterocycles. The number of thioether (sulfide) groups is 1. The molecule has 0 aliphatic heterocycles. The van der Waals surface area contributed by atoms with Crippen molar-refractivity contribution in [2.24, 2.45) is 0 Å². The molecule has 84 valence electrons. The zero-order valence-electron chi connectivity index (χ0n) is 8.41. The first-order chi connectivity index (χ1) is 7.65. The van der Waals surface area contributed by atoms with Gasteiger partial charge in [-0.1, -0.05) is 40.8 Å². The van der Waals surface area contributed by atoms with Gasteiger partial charge in [0.2, 0.25) is 0 Å². The van der Waals surface area contributed by atoms with Crippen LogP contribution in [0.1, 0.15) is 10.6 Å². The molecule has 6 heteroatoms. The molecule has 2 aromatic rings. The molecule has 0 saturated heterocycles. The summed E-state index contributed by atoms with van der Waals surface area (Å²) in [5.74, 6) is 0.263. The van der Waals surface area contributed by atoms with Crippen molar-refractivity contribution in [3.63, 3.8) is 0 Å². The fourth-order valence-corrected chi connectivity index (χ4v) is 3.08. The molecule has 0 fully saturated rings. The number of halogens is 2. The van der Waals surface area contributed by atoms with E-state index in [2.05, 4.69) is 10.2 Å². The molecule has 0 bridgehead atoms. The maximum atomic E-state index is 13.4. The van der Waals surface area contributed by atoms with Crippen molar-refractivity contribution in [1.29, 1.82) is 0 Å². The van der Waals surface area contributed by atoms with E-state index < -0.39 is 0 Å². The highest BCUT2D eigenvalue weighted by molar-refractivity contribution is 8.00. The number of aryl methyl sites for hydroxylation is 1. The van der Waals surface area contributed by atoms with E-state index in [0.717, 1.165) is 9.35 Å². The fraction of sp³-hybridized carbons (Fsp3) is 0.200. The molecule has 0 amide bonds. The van der Waals surface area contributed by atoms with Crippen LogP contribution in [0.15, 0.2) is 22.5 Å². The summed E-state index contributed by atoms with van der Waals surface area (Å²) in [6.07, 6.45) is 0. The first-order valence-corrected chi connectivity index (χ1v) is 6.70. The van der Waals surface area contributed by atoms with Crippen molar-refractivity contribution in [2.45, 2.75) is 17.0 Å². The van der Waals surface area contributed by atoms with E-state index in [1.165, 1.54) is 29.2 Å². The molecule has 0 radical (unpaired) electrons. The van der Waals surface area contributed by atoms with Crippen molar-refractivity contribution in [2.75, 3.05) is 0 Å². The molecule has 16 heavy (non-hydrogen) atoms. The molecule has 0 spiro atoms. The topological polar surface area (TPSA) is 25.8 Å². The van der Waals surface area contributed by atoms with Crippen LogP contribution in [-0.4, -0.2) is 10.2 Å². The Kier molecular flexibility index (Phi) is 3.78. The van der Waals surface area contributed by atoms with Crippen molar-refractivity contribution < 1.29 is 4.39 Å². The Labute approximate surface area is 106 Å². The second-order valence-corrected chi connectivity index (χ2v) is 5.95. The van der Waals surface area contributed by atoms with Gasteiger partial charge in [0.05, 0.1) is 0 Å². The Morgan fingerprint density at radius 1 is 1.44 bits per heavy atom. The SMILES string of the molecule is Cc1nnc(SCc2ccc(Cl)cc2F)s1. The van der Waals surface area contributed by atoms with Crippen LogP contribution in [0.3, 0.4) is 0 Å². The molecular weight excluding hydrogens is 267 g/mol. The number of rotatable bonds is 3. The molecule has 0 aliphatic rings. The Bertz CT molecular complexity index is 501. The number of nitrogens with zero attached hydrogens (tertiary/aromatic N) is 2. The van der Waals surface area contributed by atoms with Gasteiger partial charge in [-0.3, -0.25) is 0 Å². The molecule has 1 heterocycles. The average Bonchev–Trinajstić information content (AvgIpc) is 2.63. The number of hydrogen-bond donors (Lipinski definition) is 0. The summed E-state index contributed by atoms with van der Waals surface area (Å²) in [6, 6.07) is 4.70. The number of aromatic nitrogens is 2. The standard InChI is InChI=1S/C10H8ClFN2S2/c1-6-13-14-10(16-6)15-5-7-2-3-8(11)4-9(7)12/h2-4H,5H2,1H3. The second-order valence-electron chi connectivity index (χ2n) is 3.11. The van der Waals surface area contributed by atoms with E-state index in [4.69, 9.17) is 11.6 Å². The van der Waals surface area contributed by atoms with Gasteiger partial charge in [0.25, 0.3) is 0 Å². The quantitative estimate of drug-likeness (QED) is 0.793. The molecule has 0 aliphatic carbocycles. The van der Waals surface area contributed by atoms with Crippen LogP contribution >= 0.6 is 34.7 Å². The fourth-order valence-electron chi connectivity index (χ4n) is 1.11. The van der Waals surface area contributed by atoms with Gasteiger partial charge >= 0.3 is 0 Å². The molecule has 2 nitrogen and oxygen atoms in total. The summed E-state index contributed by atoms with van der Waals surface area (Å²) in [5.41, 5.74) is 0.627. The van der Waals surface area contributed by atoms with E-state index >= 15 is 0 Å². The Morgan fingerprint density at radius 3 is 2.88 bits per heavy atom. The molecule has 0 atom stereocenters. The first-order valence-electron chi connectivity index (χ1n) is 4.52. The van der Waals surface area contributed by atoms with Crippen LogP contribution in [0.2, 0.25) is 5.02 Å². The maximum Gasteiger partial charge on any atom is 0.174 e. The third-order valence-corrected chi connectivity index (χ3v) is 4.13. The van der Waals surface area contributed by atoms with E-state index in [1.807, 2.05) is 6.92 Å². The lowest BCUT2D eigenvalue weighted by Gasteiger charge is -2.01. The van der Waals surface area contributed by atoms with Gasteiger partial charge in [-0.2, -0.15) is 0 Å². The molecule has 0 unspecified atom stereocenters. The highest BCUT2D eigenvalue weighted by Gasteiger charge is 2.06. The summed E-state index contributed by atoms with van der Waals surface area (Å²) < 4.78 is 14.3. The minimum Gasteiger partial charge on any atom is -0.207 e. The van der Waals surface area contributed by atoms with E-state index in [-0.39, 0.29) is 5.82 Å². The summed E-state index contributed by atoms with van der Waals surface area (Å²) in [4.78, 5) is 0. The summed E-state index contributed by atoms with van der Waals surface area (Å²) >= 11 is 8.65. The minimum absolute atomic E-state index is 0.277. The largest absolute Gasteiger partial charge is 0.207 e. The van der Waals surface area contributed by atoms with Gasteiger partial charge < -0.3 is 0 Å². The van der Waals surface area contributed by atoms with Crippen LogP contribution in [0.4, 0.5) is 4.39 Å². The summed E-state index contributed by atoms with van der Waals surface area (Å²) in [5, 5.41) is 9.19. The maximum absolute atomic E-state index is 13.4. The van der Waals surface area contributed by atoms with Gasteiger partial charge in [-0.25, -0.2) is 4.39 Å². The van der Waals surface area contributed by atoms with Crippen LogP contribution < -0.4 is 0 Å². The van der Waals surface area contributed by atoms with Crippen molar-refractivity contribution in [3.05, 3.63) is 39.6 Å². The third-order valence-electron chi connectivity index (χ3n) is 1.87. The predicted octanol–water partition coefficient (Wildman–Crippen LogP) is 3.93. The lowest BCUT2D eigenvalue weighted by atomic mass is 10.2. The summed E-state index contributed by atoms with van der Waals surface area (Å²) in [7, 11) is 0. The van der Waals surface area contributed by atoms with E-state index in [9.17, 15) is 4.39 Å². The smallest absolute Gasteiger partial charge is 0.174 e. The van der Waals surface area contributed by atoms with Crippen LogP contribution in [0.5, 0.6) is 0 Å². The van der Waals surface area contributed by atoms with Crippen LogP contribution in [-0.2, 0) is 5.75 Å². The zero-order valence-corrected chi connectivity index (χ0v) is 10.8. The Balaban J connectivity index is 2.04. The highest BCUT2D eigenvalue weighted by Crippen LogP contribution is 2.27. The van der Waals surface area contributed by atoms with Gasteiger partial charge in [-0.05, 0) is 24.6 Å². The second kappa shape index (κ2) is 5.12. The minimum atomic E-state index is -0.277. The van der Waals surface area contributed by atoms with Gasteiger partial charge in [0, 0.05) is 10.8 Å². The summed E-state index contributed by atoms with van der Waals surface area (Å²) in [6.45, 7) is 1.89. The number of hydrogen-bond acceptors (Lipinski definition) is 4. The van der Waals surface area contributed by atoms with Gasteiger partial charge in [0.1, 0.15) is 10.8 Å². The number of benzene rings is 1. The third kappa shape index (κ3) is 2.93. The Morgan fingerprint density at radius 2 is 2.25 bits per heavy atom. The van der Waals surface area contributed by atoms with Crippen molar-refractivity contribution >= 4 is 34.7 Å². The first kappa shape index (κ1) is 11.8. The molecule has 2 rings (SSSR count). The van der Waals surface area contributed by atoms with Gasteiger partial charge in [-0.15, -0.1) is 10.2 Å². The molecule has 0 N–H and O–H groups in total. The average molecular weight is 275 g/mol. The van der Waals surface area contributed by atoms with Gasteiger partial charge in [0.15, 0.2) is 4.34 Å². The Hall–Kier alpha value is -0.650. The molecule has 0 saturated carbocycles. The van der Waals surface area contributed by atoms with E-state index in [1.54, 1.807) is 12.1 Å². The zero-order chi connectivity index (χ0) is 11.5.